The van der Waals surface area contributed by atoms with E-state index in [9.17, 15) is 56.3 Å². The highest BCUT2D eigenvalue weighted by Gasteiger charge is 2.35. The lowest BCUT2D eigenvalue weighted by molar-refractivity contribution is -0.138. The summed E-state index contributed by atoms with van der Waals surface area (Å²) >= 11 is 0. The molecule has 0 heterocycles. The first-order valence-electron chi connectivity index (χ1n) is 11.9. The van der Waals surface area contributed by atoms with Crippen LogP contribution in [0.4, 0.5) is 50.9 Å². The number of hydrogen-bond donors (Lipinski definition) is 2. The lowest BCUT2D eigenvalue weighted by Crippen LogP contribution is -2.19. The van der Waals surface area contributed by atoms with Crippen LogP contribution in [0.5, 0.6) is 0 Å². The van der Waals surface area contributed by atoms with E-state index >= 15 is 0 Å². The van der Waals surface area contributed by atoms with Gasteiger partial charge in [0.15, 0.2) is 0 Å². The van der Waals surface area contributed by atoms with Crippen molar-refractivity contribution >= 4 is 31.4 Å². The van der Waals surface area contributed by atoms with E-state index in [2.05, 4.69) is 0 Å². The molecule has 4 aromatic carbocycles. The summed E-state index contributed by atoms with van der Waals surface area (Å²) in [4.78, 5) is -1.83. The number of halogens is 9. The zero-order valence-corrected chi connectivity index (χ0v) is 23.1. The minimum absolute atomic E-state index is 0.275. The van der Waals surface area contributed by atoms with Crippen LogP contribution in [0.25, 0.3) is 11.1 Å². The van der Waals surface area contributed by atoms with Crippen LogP contribution in [0.1, 0.15) is 16.7 Å². The van der Waals surface area contributed by atoms with E-state index in [-0.39, 0.29) is 11.6 Å². The summed E-state index contributed by atoms with van der Waals surface area (Å²) in [6, 6.07) is 11.6. The number of nitrogens with one attached hydrogen (secondary N) is 2. The Kier molecular flexibility index (Phi) is 8.43. The van der Waals surface area contributed by atoms with Crippen LogP contribution in [0.3, 0.4) is 0 Å². The molecule has 0 saturated heterocycles. The van der Waals surface area contributed by atoms with E-state index in [0.717, 1.165) is 60.7 Å². The fourth-order valence-electron chi connectivity index (χ4n) is 3.95. The van der Waals surface area contributed by atoms with E-state index < -0.39 is 82.0 Å². The Morgan fingerprint density at radius 1 is 0.477 bits per heavy atom. The molecule has 17 heteroatoms. The van der Waals surface area contributed by atoms with Crippen LogP contribution >= 0.6 is 0 Å². The summed E-state index contributed by atoms with van der Waals surface area (Å²) in [5.74, 6) is 0. The molecular formula is C27H17F9N2O4S2. The smallest absolute Gasteiger partial charge is 0.277 e. The van der Waals surface area contributed by atoms with E-state index in [4.69, 9.17) is 0 Å². The summed E-state index contributed by atoms with van der Waals surface area (Å²) in [6.45, 7) is 0. The second-order valence-electron chi connectivity index (χ2n) is 9.07. The van der Waals surface area contributed by atoms with Crippen LogP contribution < -0.4 is 9.44 Å². The monoisotopic (exact) mass is 668 g/mol. The van der Waals surface area contributed by atoms with Gasteiger partial charge in [-0.3, -0.25) is 9.44 Å². The summed E-state index contributed by atoms with van der Waals surface area (Å²) in [5.41, 5.74) is -5.99. The lowest BCUT2D eigenvalue weighted by atomic mass is 9.98. The molecule has 0 atom stereocenters. The van der Waals surface area contributed by atoms with Crippen molar-refractivity contribution in [3.05, 3.63) is 108 Å². The second kappa shape index (κ2) is 11.4. The van der Waals surface area contributed by atoms with Gasteiger partial charge in [0, 0.05) is 0 Å². The SMILES string of the molecule is O=S(=O)(Nc1ccc(-c2ccccc2C(F)(F)F)cc1NS(=O)(=O)c1cccc(C(F)(F)F)c1)c1cccc(C(F)(F)F)c1. The maximum absolute atomic E-state index is 13.7. The molecule has 0 spiro atoms. The molecule has 0 aromatic heterocycles. The molecule has 0 fully saturated rings. The van der Waals surface area contributed by atoms with Crippen molar-refractivity contribution in [1.82, 2.24) is 0 Å². The third-order valence-corrected chi connectivity index (χ3v) is 8.72. The molecule has 0 amide bonds. The Morgan fingerprint density at radius 3 is 1.43 bits per heavy atom. The number of anilines is 2. The van der Waals surface area contributed by atoms with Crippen molar-refractivity contribution in [3.63, 3.8) is 0 Å². The highest BCUT2D eigenvalue weighted by molar-refractivity contribution is 7.93. The molecule has 0 aliphatic heterocycles. The fourth-order valence-corrected chi connectivity index (χ4v) is 6.20. The van der Waals surface area contributed by atoms with Gasteiger partial charge in [0.1, 0.15) is 0 Å². The van der Waals surface area contributed by atoms with Gasteiger partial charge in [-0.15, -0.1) is 0 Å². The van der Waals surface area contributed by atoms with Gasteiger partial charge in [0.2, 0.25) is 0 Å². The van der Waals surface area contributed by atoms with Gasteiger partial charge in [-0.25, -0.2) is 16.8 Å². The molecule has 2 N–H and O–H groups in total. The summed E-state index contributed by atoms with van der Waals surface area (Å²) in [6.07, 6.45) is -14.7. The topological polar surface area (TPSA) is 92.3 Å². The third kappa shape index (κ3) is 7.27. The Bertz CT molecular complexity index is 1920. The van der Waals surface area contributed by atoms with E-state index in [1.807, 2.05) is 9.44 Å². The zero-order valence-electron chi connectivity index (χ0n) is 21.5. The van der Waals surface area contributed by atoms with Crippen LogP contribution in [-0.2, 0) is 38.6 Å². The average Bonchev–Trinajstić information content (AvgIpc) is 2.92. The second-order valence-corrected chi connectivity index (χ2v) is 12.4. The van der Waals surface area contributed by atoms with Crippen molar-refractivity contribution in [2.45, 2.75) is 28.3 Å². The van der Waals surface area contributed by atoms with Gasteiger partial charge in [0.05, 0.1) is 37.9 Å². The van der Waals surface area contributed by atoms with Gasteiger partial charge in [-0.1, -0.05) is 36.4 Å². The fraction of sp³-hybridized carbons (Fsp3) is 0.111. The third-order valence-electron chi connectivity index (χ3n) is 6.00. The lowest BCUT2D eigenvalue weighted by Gasteiger charge is -2.18. The Hall–Kier alpha value is -4.25. The van der Waals surface area contributed by atoms with Gasteiger partial charge in [-0.2, -0.15) is 39.5 Å². The molecule has 44 heavy (non-hydrogen) atoms. The van der Waals surface area contributed by atoms with Crippen molar-refractivity contribution in [1.29, 1.82) is 0 Å². The van der Waals surface area contributed by atoms with Crippen LogP contribution in [-0.4, -0.2) is 16.8 Å². The van der Waals surface area contributed by atoms with Crippen molar-refractivity contribution < 1.29 is 56.3 Å². The van der Waals surface area contributed by atoms with E-state index in [1.165, 1.54) is 6.07 Å². The molecule has 0 aliphatic rings. The van der Waals surface area contributed by atoms with Crippen LogP contribution in [0.2, 0.25) is 0 Å². The zero-order chi connectivity index (χ0) is 32.7. The molecule has 4 rings (SSSR count). The van der Waals surface area contributed by atoms with Crippen molar-refractivity contribution in [3.8, 4) is 11.1 Å². The van der Waals surface area contributed by atoms with E-state index in [0.29, 0.717) is 18.2 Å². The maximum Gasteiger partial charge on any atom is 0.417 e. The number of benzene rings is 4. The maximum atomic E-state index is 13.7. The van der Waals surface area contributed by atoms with Crippen molar-refractivity contribution in [2.24, 2.45) is 0 Å². The largest absolute Gasteiger partial charge is 0.417 e. The average molecular weight is 669 g/mol. The molecule has 234 valence electrons. The predicted octanol–water partition coefficient (Wildman–Crippen LogP) is 8.01. The number of alkyl halides is 9. The first-order chi connectivity index (χ1) is 20.2. The molecule has 0 aliphatic carbocycles. The van der Waals surface area contributed by atoms with Gasteiger partial charge in [0.25, 0.3) is 20.0 Å². The molecule has 0 radical (unpaired) electrons. The molecule has 6 nitrogen and oxygen atoms in total. The normalized spacial score (nSPS) is 13.0. The summed E-state index contributed by atoms with van der Waals surface area (Å²) in [5, 5.41) is 0. The van der Waals surface area contributed by atoms with Gasteiger partial charge >= 0.3 is 18.5 Å². The predicted molar refractivity (Wildman–Crippen MR) is 141 cm³/mol. The summed E-state index contributed by atoms with van der Waals surface area (Å²) < 4.78 is 176. The Morgan fingerprint density at radius 2 is 0.955 bits per heavy atom. The molecule has 0 bridgehead atoms. The Labute approximate surface area is 244 Å². The molecule has 0 unspecified atom stereocenters. The number of hydrogen-bond acceptors (Lipinski definition) is 4. The van der Waals surface area contributed by atoms with Gasteiger partial charge < -0.3 is 0 Å². The van der Waals surface area contributed by atoms with Gasteiger partial charge in [-0.05, 0) is 65.7 Å². The first kappa shape index (κ1) is 32.7. The highest BCUT2D eigenvalue weighted by atomic mass is 32.2. The molecule has 0 saturated carbocycles. The first-order valence-corrected chi connectivity index (χ1v) is 14.9. The van der Waals surface area contributed by atoms with Crippen LogP contribution in [0, 0.1) is 0 Å². The molecule has 4 aromatic rings. The number of rotatable bonds is 7. The highest BCUT2D eigenvalue weighted by Crippen LogP contribution is 2.40. The van der Waals surface area contributed by atoms with E-state index in [1.54, 1.807) is 0 Å². The number of sulfonamides is 2. The van der Waals surface area contributed by atoms with Crippen molar-refractivity contribution in [2.75, 3.05) is 9.44 Å². The minimum Gasteiger partial charge on any atom is -0.277 e. The molecular weight excluding hydrogens is 651 g/mol. The van der Waals surface area contributed by atoms with Crippen LogP contribution in [0.15, 0.2) is 101 Å². The quantitative estimate of drug-likeness (QED) is 0.195. The Balaban J connectivity index is 1.86. The minimum atomic E-state index is -4.96. The summed E-state index contributed by atoms with van der Waals surface area (Å²) in [7, 11) is -9.85. The standard InChI is InChI=1S/C27H17F9N2O4S2/c28-25(29,30)17-5-3-7-19(14-17)43(39,40)37-23-12-11-16(21-9-1-2-10-22(21)27(34,35)36)13-24(23)38-44(41,42)20-8-4-6-18(15-20)26(31,32)33/h1-15,37-38H.